The summed E-state index contributed by atoms with van der Waals surface area (Å²) in [5.41, 5.74) is 0.797. The van der Waals surface area contributed by atoms with Crippen molar-refractivity contribution in [3.05, 3.63) is 65.1 Å². The highest BCUT2D eigenvalue weighted by Crippen LogP contribution is 2.45. The molecule has 0 radical (unpaired) electrons. The second kappa shape index (κ2) is 10.1. The van der Waals surface area contributed by atoms with Crippen LogP contribution in [0.4, 0.5) is 0 Å². The van der Waals surface area contributed by atoms with Crippen molar-refractivity contribution in [1.29, 1.82) is 0 Å². The van der Waals surface area contributed by atoms with E-state index in [1.54, 1.807) is 49.6 Å². The van der Waals surface area contributed by atoms with Gasteiger partial charge in [0, 0.05) is 31.2 Å². The number of aliphatic hydroxyl groups excluding tert-OH is 1. The van der Waals surface area contributed by atoms with Crippen LogP contribution in [0.1, 0.15) is 28.6 Å². The number of ketones is 1. The summed E-state index contributed by atoms with van der Waals surface area (Å²) >= 11 is 0. The number of hydrogen-bond acceptors (Lipinski definition) is 8. The van der Waals surface area contributed by atoms with Crippen molar-refractivity contribution < 1.29 is 38.1 Å². The van der Waals surface area contributed by atoms with Crippen LogP contribution in [0.3, 0.4) is 0 Å². The minimum absolute atomic E-state index is 0.0237. The summed E-state index contributed by atoms with van der Waals surface area (Å²) in [5, 5.41) is 11.6. The number of hydrogen-bond donors (Lipinski definition) is 1. The van der Waals surface area contributed by atoms with Gasteiger partial charge in [-0.3, -0.25) is 9.59 Å². The van der Waals surface area contributed by atoms with Gasteiger partial charge < -0.3 is 33.4 Å². The van der Waals surface area contributed by atoms with E-state index in [4.69, 9.17) is 23.4 Å². The first kappa shape index (κ1) is 24.2. The molecule has 9 heteroatoms. The van der Waals surface area contributed by atoms with Crippen LogP contribution in [-0.4, -0.2) is 63.3 Å². The molecular formula is C26H27NO8. The maximum absolute atomic E-state index is 13.8. The number of nitrogens with zero attached hydrogens (tertiary/aromatic N) is 1. The highest BCUT2D eigenvalue weighted by Gasteiger charge is 2.45. The largest absolute Gasteiger partial charge is 0.503 e. The fraction of sp³-hybridized carbons (Fsp3) is 0.308. The third-order valence-electron chi connectivity index (χ3n) is 5.98. The van der Waals surface area contributed by atoms with Gasteiger partial charge in [0.2, 0.25) is 5.78 Å². The molecule has 1 N–H and O–H groups in total. The second-order valence-electron chi connectivity index (χ2n) is 7.91. The zero-order chi connectivity index (χ0) is 25.1. The molecule has 1 aliphatic rings. The molecule has 0 spiro atoms. The van der Waals surface area contributed by atoms with Crippen molar-refractivity contribution in [3.63, 3.8) is 0 Å². The van der Waals surface area contributed by atoms with Gasteiger partial charge in [-0.2, -0.15) is 0 Å². The van der Waals surface area contributed by atoms with Crippen LogP contribution in [-0.2, 0) is 9.53 Å². The SMILES string of the molecule is COCCCN1C(=O)C(O)=C(C(=O)c2cc3cccc(OC)c3o2)C1c1cccc(OC)c1OC. The molecule has 2 aromatic carbocycles. The van der Waals surface area contributed by atoms with E-state index in [1.165, 1.54) is 26.2 Å². The van der Waals surface area contributed by atoms with Gasteiger partial charge in [-0.1, -0.05) is 24.3 Å². The molecule has 1 amide bonds. The number of amides is 1. The molecule has 4 rings (SSSR count). The van der Waals surface area contributed by atoms with E-state index in [9.17, 15) is 14.7 Å². The number of rotatable bonds is 10. The molecule has 184 valence electrons. The Labute approximate surface area is 202 Å². The molecule has 2 heterocycles. The first-order chi connectivity index (χ1) is 17.0. The molecule has 0 saturated heterocycles. The van der Waals surface area contributed by atoms with Crippen LogP contribution < -0.4 is 14.2 Å². The van der Waals surface area contributed by atoms with Gasteiger partial charge in [-0.25, -0.2) is 0 Å². The van der Waals surface area contributed by atoms with Crippen LogP contribution >= 0.6 is 0 Å². The van der Waals surface area contributed by atoms with Crippen LogP contribution in [0.2, 0.25) is 0 Å². The number of methoxy groups -OCH3 is 4. The van der Waals surface area contributed by atoms with Crippen LogP contribution in [0.25, 0.3) is 11.0 Å². The average molecular weight is 482 g/mol. The molecular weight excluding hydrogens is 454 g/mol. The van der Waals surface area contributed by atoms with Gasteiger partial charge in [0.05, 0.1) is 32.9 Å². The molecule has 0 bridgehead atoms. The summed E-state index contributed by atoms with van der Waals surface area (Å²) in [4.78, 5) is 28.3. The molecule has 3 aromatic rings. The zero-order valence-corrected chi connectivity index (χ0v) is 20.0. The van der Waals surface area contributed by atoms with Crippen molar-refractivity contribution in [1.82, 2.24) is 4.90 Å². The van der Waals surface area contributed by atoms with E-state index in [-0.39, 0.29) is 17.9 Å². The van der Waals surface area contributed by atoms with Crippen LogP contribution in [0, 0.1) is 0 Å². The number of ether oxygens (including phenoxy) is 4. The minimum Gasteiger partial charge on any atom is -0.503 e. The van der Waals surface area contributed by atoms with Crippen LogP contribution in [0.15, 0.2) is 58.2 Å². The normalized spacial score (nSPS) is 15.7. The molecule has 0 saturated carbocycles. The second-order valence-corrected chi connectivity index (χ2v) is 7.91. The summed E-state index contributed by atoms with van der Waals surface area (Å²) in [6.45, 7) is 0.644. The molecule has 1 aromatic heterocycles. The van der Waals surface area contributed by atoms with E-state index in [0.717, 1.165) is 0 Å². The van der Waals surface area contributed by atoms with Gasteiger partial charge in [0.1, 0.15) is 0 Å². The van der Waals surface area contributed by atoms with Gasteiger partial charge >= 0.3 is 0 Å². The number of fused-ring (bicyclic) bond motifs is 1. The van der Waals surface area contributed by atoms with E-state index in [1.807, 2.05) is 0 Å². The Balaban J connectivity index is 1.85. The molecule has 1 unspecified atom stereocenters. The number of Topliss-reactive ketones (excluding diaryl/α,β-unsaturated/α-hetero) is 1. The fourth-order valence-corrected chi connectivity index (χ4v) is 4.39. The lowest BCUT2D eigenvalue weighted by Gasteiger charge is -2.28. The molecule has 1 aliphatic heterocycles. The Hall–Kier alpha value is -3.98. The van der Waals surface area contributed by atoms with Gasteiger partial charge in [-0.15, -0.1) is 0 Å². The molecule has 35 heavy (non-hydrogen) atoms. The maximum Gasteiger partial charge on any atom is 0.290 e. The third kappa shape index (κ3) is 4.19. The first-order valence-corrected chi connectivity index (χ1v) is 11.0. The molecule has 0 aliphatic carbocycles. The Morgan fingerprint density at radius 1 is 1.03 bits per heavy atom. The topological polar surface area (TPSA) is 108 Å². The maximum atomic E-state index is 13.8. The molecule has 1 atom stereocenters. The number of furan rings is 1. The summed E-state index contributed by atoms with van der Waals surface area (Å²) in [5.74, 6) is -0.670. The average Bonchev–Trinajstić information content (AvgIpc) is 3.42. The van der Waals surface area contributed by atoms with E-state index in [0.29, 0.717) is 46.8 Å². The standard InChI is InChI=1S/C26H27NO8/c1-31-13-7-12-27-21(16-9-6-11-18(33-3)25(16)34-4)20(23(29)26(27)30)22(28)19-14-15-8-5-10-17(32-2)24(15)35-19/h5-6,8-11,14,21,29H,7,12-13H2,1-4H3. The van der Waals surface area contributed by atoms with Crippen molar-refractivity contribution in [2.24, 2.45) is 0 Å². The predicted molar refractivity (Wildman–Crippen MR) is 127 cm³/mol. The van der Waals surface area contributed by atoms with Crippen LogP contribution in [0.5, 0.6) is 17.2 Å². The Kier molecular flexibility index (Phi) is 6.97. The van der Waals surface area contributed by atoms with E-state index in [2.05, 4.69) is 0 Å². The Bertz CT molecular complexity index is 1290. The smallest absolute Gasteiger partial charge is 0.290 e. The Morgan fingerprint density at radius 2 is 1.74 bits per heavy atom. The van der Waals surface area contributed by atoms with Gasteiger partial charge in [0.25, 0.3) is 5.91 Å². The highest BCUT2D eigenvalue weighted by molar-refractivity contribution is 6.16. The highest BCUT2D eigenvalue weighted by atomic mass is 16.5. The summed E-state index contributed by atoms with van der Waals surface area (Å²) in [7, 11) is 6.05. The van der Waals surface area contributed by atoms with Gasteiger partial charge in [-0.05, 0) is 24.6 Å². The summed E-state index contributed by atoms with van der Waals surface area (Å²) in [6.07, 6.45) is 0.502. The third-order valence-corrected chi connectivity index (χ3v) is 5.98. The number of carbonyl (C=O) groups is 2. The number of para-hydroxylation sites is 2. The van der Waals surface area contributed by atoms with Gasteiger partial charge in [0.15, 0.2) is 34.4 Å². The number of carbonyl (C=O) groups excluding carboxylic acids is 2. The lowest BCUT2D eigenvalue weighted by Crippen LogP contribution is -2.32. The van der Waals surface area contributed by atoms with E-state index < -0.39 is 23.5 Å². The number of benzene rings is 2. The van der Waals surface area contributed by atoms with E-state index >= 15 is 0 Å². The number of aliphatic hydroxyl groups is 1. The fourth-order valence-electron chi connectivity index (χ4n) is 4.39. The monoisotopic (exact) mass is 481 g/mol. The summed E-state index contributed by atoms with van der Waals surface area (Å²) < 4.78 is 27.3. The van der Waals surface area contributed by atoms with Crippen molar-refractivity contribution in [3.8, 4) is 17.2 Å². The molecule has 0 fully saturated rings. The van der Waals surface area contributed by atoms with Crippen molar-refractivity contribution >= 4 is 22.7 Å². The summed E-state index contributed by atoms with van der Waals surface area (Å²) in [6, 6.07) is 11.1. The lowest BCUT2D eigenvalue weighted by molar-refractivity contribution is -0.129. The quantitative estimate of drug-likeness (QED) is 0.341. The lowest BCUT2D eigenvalue weighted by atomic mass is 9.94. The molecule has 9 nitrogen and oxygen atoms in total. The van der Waals surface area contributed by atoms with Crippen molar-refractivity contribution in [2.45, 2.75) is 12.5 Å². The van der Waals surface area contributed by atoms with Crippen molar-refractivity contribution in [2.75, 3.05) is 41.6 Å². The Morgan fingerprint density at radius 3 is 2.43 bits per heavy atom. The first-order valence-electron chi connectivity index (χ1n) is 11.0. The minimum atomic E-state index is -0.924. The zero-order valence-electron chi connectivity index (χ0n) is 20.0. The predicted octanol–water partition coefficient (Wildman–Crippen LogP) is 4.07.